The number of fused-ring (bicyclic) bond motifs is 1. The van der Waals surface area contributed by atoms with E-state index in [1.165, 1.54) is 0 Å². The summed E-state index contributed by atoms with van der Waals surface area (Å²) in [6.07, 6.45) is 1.78. The van der Waals surface area contributed by atoms with Crippen LogP contribution in [-0.2, 0) is 0 Å². The molecule has 0 atom stereocenters. The summed E-state index contributed by atoms with van der Waals surface area (Å²) in [7, 11) is 0. The lowest BCUT2D eigenvalue weighted by Crippen LogP contribution is -2.04. The molecule has 2 aromatic heterocycles. The van der Waals surface area contributed by atoms with Crippen molar-refractivity contribution in [3.8, 4) is 11.3 Å². The van der Waals surface area contributed by atoms with E-state index in [1.54, 1.807) is 12.3 Å². The van der Waals surface area contributed by atoms with Gasteiger partial charge in [0.05, 0.1) is 5.69 Å². The highest BCUT2D eigenvalue weighted by molar-refractivity contribution is 5.86. The molecule has 0 fully saturated rings. The maximum atomic E-state index is 11.4. The summed E-state index contributed by atoms with van der Waals surface area (Å²) in [4.78, 5) is 18.6. The number of nitrogens with zero attached hydrogens (tertiary/aromatic N) is 1. The van der Waals surface area contributed by atoms with Crippen LogP contribution in [0.4, 0.5) is 0 Å². The third-order valence-electron chi connectivity index (χ3n) is 3.01. The van der Waals surface area contributed by atoms with Crippen molar-refractivity contribution < 1.29 is 0 Å². The summed E-state index contributed by atoms with van der Waals surface area (Å²) in [6.45, 7) is 1.94. The summed E-state index contributed by atoms with van der Waals surface area (Å²) >= 11 is 0. The number of aryl methyl sites for hydroxylation is 1. The highest BCUT2D eigenvalue weighted by Crippen LogP contribution is 2.22. The molecule has 0 aliphatic rings. The van der Waals surface area contributed by atoms with E-state index in [0.29, 0.717) is 0 Å². The zero-order chi connectivity index (χ0) is 12.5. The molecule has 0 aliphatic heterocycles. The highest BCUT2D eigenvalue weighted by atomic mass is 16.1. The number of nitrogens with one attached hydrogen (secondary N) is 1. The molecule has 0 aliphatic carbocycles. The quantitative estimate of drug-likeness (QED) is 0.706. The second-order valence-electron chi connectivity index (χ2n) is 4.29. The van der Waals surface area contributed by atoms with Crippen LogP contribution in [0.1, 0.15) is 5.56 Å². The summed E-state index contributed by atoms with van der Waals surface area (Å²) in [6, 6.07) is 13.4. The van der Waals surface area contributed by atoms with Crippen molar-refractivity contribution in [1.29, 1.82) is 0 Å². The number of rotatable bonds is 1. The minimum Gasteiger partial charge on any atom is -0.322 e. The molecule has 0 bridgehead atoms. The standard InChI is InChI=1S/C15H12N2O/c1-10-8-15(18)17-14-6-5-11(9-12(10)14)13-4-2-3-7-16-13/h2-9H,1H3,(H,17,18). The molecule has 2 heterocycles. The second-order valence-corrected chi connectivity index (χ2v) is 4.29. The molecule has 18 heavy (non-hydrogen) atoms. The molecule has 0 spiro atoms. The van der Waals surface area contributed by atoms with E-state index in [0.717, 1.165) is 27.7 Å². The molecule has 3 nitrogen and oxygen atoms in total. The highest BCUT2D eigenvalue weighted by Gasteiger charge is 2.03. The smallest absolute Gasteiger partial charge is 0.248 e. The van der Waals surface area contributed by atoms with Gasteiger partial charge in [0.25, 0.3) is 0 Å². The first-order valence-corrected chi connectivity index (χ1v) is 5.79. The number of hydrogen-bond acceptors (Lipinski definition) is 2. The van der Waals surface area contributed by atoms with E-state index < -0.39 is 0 Å². The molecule has 0 saturated carbocycles. The molecule has 3 rings (SSSR count). The van der Waals surface area contributed by atoms with Crippen molar-refractivity contribution in [1.82, 2.24) is 9.97 Å². The van der Waals surface area contributed by atoms with Crippen molar-refractivity contribution >= 4 is 10.9 Å². The Hall–Kier alpha value is -2.42. The van der Waals surface area contributed by atoms with Crippen LogP contribution in [0.15, 0.2) is 53.5 Å². The minimum atomic E-state index is -0.0643. The maximum Gasteiger partial charge on any atom is 0.248 e. The molecule has 3 aromatic rings. The fourth-order valence-electron chi connectivity index (χ4n) is 2.12. The number of H-pyrrole nitrogens is 1. The van der Waals surface area contributed by atoms with Crippen LogP contribution in [-0.4, -0.2) is 9.97 Å². The number of aromatic nitrogens is 2. The van der Waals surface area contributed by atoms with Gasteiger partial charge in [0.2, 0.25) is 5.56 Å². The summed E-state index contributed by atoms with van der Waals surface area (Å²) in [5, 5.41) is 1.05. The van der Waals surface area contributed by atoms with Gasteiger partial charge in [-0.15, -0.1) is 0 Å². The van der Waals surface area contributed by atoms with Gasteiger partial charge in [0.15, 0.2) is 0 Å². The third-order valence-corrected chi connectivity index (χ3v) is 3.01. The zero-order valence-electron chi connectivity index (χ0n) is 9.97. The average molecular weight is 236 g/mol. The average Bonchev–Trinajstić information content (AvgIpc) is 2.39. The molecular formula is C15H12N2O. The molecule has 3 heteroatoms. The zero-order valence-corrected chi connectivity index (χ0v) is 9.97. The van der Waals surface area contributed by atoms with E-state index >= 15 is 0 Å². The molecule has 0 radical (unpaired) electrons. The fourth-order valence-corrected chi connectivity index (χ4v) is 2.12. The van der Waals surface area contributed by atoms with E-state index in [4.69, 9.17) is 0 Å². The molecule has 1 aromatic carbocycles. The molecular weight excluding hydrogens is 224 g/mol. The van der Waals surface area contributed by atoms with E-state index in [9.17, 15) is 4.79 Å². The van der Waals surface area contributed by atoms with Crippen LogP contribution in [0.3, 0.4) is 0 Å². The Labute approximate surface area is 104 Å². The Morgan fingerprint density at radius 2 is 2.00 bits per heavy atom. The van der Waals surface area contributed by atoms with E-state index in [2.05, 4.69) is 16.0 Å². The summed E-state index contributed by atoms with van der Waals surface area (Å²) in [5.74, 6) is 0. The topological polar surface area (TPSA) is 45.8 Å². The molecule has 1 N–H and O–H groups in total. The first-order valence-electron chi connectivity index (χ1n) is 5.79. The van der Waals surface area contributed by atoms with Crippen molar-refractivity contribution in [3.63, 3.8) is 0 Å². The van der Waals surface area contributed by atoms with Crippen molar-refractivity contribution in [3.05, 3.63) is 64.6 Å². The minimum absolute atomic E-state index is 0.0643. The fraction of sp³-hybridized carbons (Fsp3) is 0.0667. The van der Waals surface area contributed by atoms with Gasteiger partial charge in [-0.05, 0) is 36.8 Å². The van der Waals surface area contributed by atoms with Crippen LogP contribution >= 0.6 is 0 Å². The van der Waals surface area contributed by atoms with Crippen LogP contribution in [0.25, 0.3) is 22.2 Å². The van der Waals surface area contributed by atoms with Gasteiger partial charge in [-0.25, -0.2) is 0 Å². The lowest BCUT2D eigenvalue weighted by Gasteiger charge is -2.05. The largest absolute Gasteiger partial charge is 0.322 e. The van der Waals surface area contributed by atoms with Crippen LogP contribution < -0.4 is 5.56 Å². The Bertz CT molecular complexity index is 760. The number of aromatic amines is 1. The van der Waals surface area contributed by atoms with Crippen LogP contribution in [0.5, 0.6) is 0 Å². The second kappa shape index (κ2) is 4.11. The van der Waals surface area contributed by atoms with Crippen molar-refractivity contribution in [2.45, 2.75) is 6.92 Å². The Morgan fingerprint density at radius 1 is 1.11 bits per heavy atom. The molecule has 88 valence electrons. The first-order chi connectivity index (χ1) is 8.74. The molecule has 0 unspecified atom stereocenters. The first kappa shape index (κ1) is 10.7. The van der Waals surface area contributed by atoms with Crippen molar-refractivity contribution in [2.75, 3.05) is 0 Å². The van der Waals surface area contributed by atoms with E-state index in [-0.39, 0.29) is 5.56 Å². The van der Waals surface area contributed by atoms with Crippen LogP contribution in [0, 0.1) is 6.92 Å². The van der Waals surface area contributed by atoms with Gasteiger partial charge in [-0.1, -0.05) is 12.1 Å². The summed E-state index contributed by atoms with van der Waals surface area (Å²) < 4.78 is 0. The Balaban J connectivity index is 2.26. The SMILES string of the molecule is Cc1cc(=O)[nH]c2ccc(-c3ccccn3)cc12. The normalized spacial score (nSPS) is 10.7. The Kier molecular flexibility index (Phi) is 2.45. The third kappa shape index (κ3) is 1.80. The van der Waals surface area contributed by atoms with Gasteiger partial charge < -0.3 is 4.98 Å². The number of pyridine rings is 2. The van der Waals surface area contributed by atoms with Gasteiger partial charge in [0, 0.05) is 28.7 Å². The Morgan fingerprint density at radius 3 is 2.78 bits per heavy atom. The summed E-state index contributed by atoms with van der Waals surface area (Å²) in [5.41, 5.74) is 3.76. The maximum absolute atomic E-state index is 11.4. The predicted octanol–water partition coefficient (Wildman–Crippen LogP) is 2.90. The molecule has 0 amide bonds. The monoisotopic (exact) mass is 236 g/mol. The number of hydrogen-bond donors (Lipinski definition) is 1. The predicted molar refractivity (Wildman–Crippen MR) is 72.5 cm³/mol. The van der Waals surface area contributed by atoms with Gasteiger partial charge >= 0.3 is 0 Å². The van der Waals surface area contributed by atoms with Gasteiger partial charge in [0.1, 0.15) is 0 Å². The van der Waals surface area contributed by atoms with E-state index in [1.807, 2.05) is 37.3 Å². The number of benzene rings is 1. The van der Waals surface area contributed by atoms with Crippen molar-refractivity contribution in [2.24, 2.45) is 0 Å². The lowest BCUT2D eigenvalue weighted by atomic mass is 10.0. The lowest BCUT2D eigenvalue weighted by molar-refractivity contribution is 1.27. The van der Waals surface area contributed by atoms with Gasteiger partial charge in [-0.3, -0.25) is 9.78 Å². The molecule has 0 saturated heterocycles. The van der Waals surface area contributed by atoms with Gasteiger partial charge in [-0.2, -0.15) is 0 Å². The van der Waals surface area contributed by atoms with Crippen LogP contribution in [0.2, 0.25) is 0 Å².